The molecule has 1 aromatic heterocycles. The Bertz CT molecular complexity index is 1250. The van der Waals surface area contributed by atoms with E-state index in [0.717, 1.165) is 10.4 Å². The second-order valence-electron chi connectivity index (χ2n) is 7.18. The number of rotatable bonds is 5. The first-order valence-corrected chi connectivity index (χ1v) is 11.0. The first-order chi connectivity index (χ1) is 15.4. The molecule has 0 aliphatic carbocycles. The van der Waals surface area contributed by atoms with E-state index < -0.39 is 17.7 Å². The number of carbonyl (C=O) groups excluding carboxylic acids is 2. The summed E-state index contributed by atoms with van der Waals surface area (Å²) in [6.45, 7) is 1.90. The highest BCUT2D eigenvalue weighted by atomic mass is 35.5. The number of halogens is 1. The quantitative estimate of drug-likeness (QED) is 0.309. The number of hydrogen-bond donors (Lipinski definition) is 1. The largest absolute Gasteiger partial charge is 0.507 e. The van der Waals surface area contributed by atoms with Crippen LogP contribution >= 0.6 is 22.9 Å². The molecule has 32 heavy (non-hydrogen) atoms. The highest BCUT2D eigenvalue weighted by Crippen LogP contribution is 2.46. The first kappa shape index (κ1) is 21.9. The minimum atomic E-state index is -0.815. The number of aliphatic hydroxyl groups is 1. The Balaban J connectivity index is 1.97. The fraction of sp³-hybridized carbons (Fsp3) is 0.167. The van der Waals surface area contributed by atoms with E-state index in [-0.39, 0.29) is 21.9 Å². The lowest BCUT2D eigenvalue weighted by molar-refractivity contribution is -0.132. The topological polar surface area (TPSA) is 76.1 Å². The molecule has 1 saturated heterocycles. The van der Waals surface area contributed by atoms with E-state index in [9.17, 15) is 14.7 Å². The average molecular weight is 470 g/mol. The molecule has 1 N–H and O–H groups in total. The molecule has 4 rings (SSSR count). The molecule has 1 aliphatic heterocycles. The van der Waals surface area contributed by atoms with Crippen molar-refractivity contribution in [2.75, 3.05) is 19.1 Å². The van der Waals surface area contributed by atoms with Crippen LogP contribution in [-0.2, 0) is 9.59 Å². The minimum Gasteiger partial charge on any atom is -0.507 e. The van der Waals surface area contributed by atoms with Gasteiger partial charge in [0.25, 0.3) is 11.7 Å². The summed E-state index contributed by atoms with van der Waals surface area (Å²) < 4.78 is 10.5. The summed E-state index contributed by atoms with van der Waals surface area (Å²) in [6.07, 6.45) is 0. The lowest BCUT2D eigenvalue weighted by Crippen LogP contribution is -2.29. The van der Waals surface area contributed by atoms with Gasteiger partial charge in [0.05, 0.1) is 24.8 Å². The minimum absolute atomic E-state index is 0.0291. The van der Waals surface area contributed by atoms with Crippen molar-refractivity contribution < 1.29 is 24.2 Å². The molecular formula is C24H20ClNO5S. The van der Waals surface area contributed by atoms with E-state index in [1.165, 1.54) is 36.5 Å². The number of hydrogen-bond acceptors (Lipinski definition) is 6. The number of amides is 1. The predicted molar refractivity (Wildman–Crippen MR) is 125 cm³/mol. The number of Topliss-reactive ketones (excluding diaryl/α,β-unsaturated/α-hetero) is 1. The van der Waals surface area contributed by atoms with Crippen molar-refractivity contribution in [3.8, 4) is 11.5 Å². The lowest BCUT2D eigenvalue weighted by Gasteiger charge is -2.25. The standard InChI is InChI=1S/C24H20ClNO5S/c1-13-9-10-32-23(13)20-19(21(27)17-12-16(31-3)7-8-18(17)25)22(28)24(29)26(20)14-5-4-6-15(11-14)30-2/h4-12,20,27H,1-3H3/b21-19-. The molecule has 0 spiro atoms. The van der Waals surface area contributed by atoms with Gasteiger partial charge < -0.3 is 14.6 Å². The molecule has 1 atom stereocenters. The van der Waals surface area contributed by atoms with Crippen LogP contribution in [0.5, 0.6) is 11.5 Å². The normalized spacial score (nSPS) is 17.6. The zero-order chi connectivity index (χ0) is 23.0. The molecule has 0 radical (unpaired) electrons. The van der Waals surface area contributed by atoms with E-state index in [0.29, 0.717) is 17.2 Å². The fourth-order valence-corrected chi connectivity index (χ4v) is 4.96. The molecule has 1 aliphatic rings. The van der Waals surface area contributed by atoms with Crippen molar-refractivity contribution in [3.63, 3.8) is 0 Å². The van der Waals surface area contributed by atoms with E-state index in [1.807, 2.05) is 18.4 Å². The van der Waals surface area contributed by atoms with Crippen molar-refractivity contribution in [1.82, 2.24) is 0 Å². The third kappa shape index (κ3) is 3.63. The van der Waals surface area contributed by atoms with E-state index >= 15 is 0 Å². The maximum atomic E-state index is 13.2. The van der Waals surface area contributed by atoms with Gasteiger partial charge >= 0.3 is 0 Å². The summed E-state index contributed by atoms with van der Waals surface area (Å²) in [5.74, 6) is -0.877. The van der Waals surface area contributed by atoms with Crippen LogP contribution in [-0.4, -0.2) is 31.0 Å². The van der Waals surface area contributed by atoms with Crippen molar-refractivity contribution in [2.45, 2.75) is 13.0 Å². The number of ketones is 1. The van der Waals surface area contributed by atoms with Crippen LogP contribution in [0.3, 0.4) is 0 Å². The maximum Gasteiger partial charge on any atom is 0.300 e. The monoisotopic (exact) mass is 469 g/mol. The van der Waals surface area contributed by atoms with Crippen LogP contribution in [0.4, 0.5) is 5.69 Å². The van der Waals surface area contributed by atoms with Crippen molar-refractivity contribution in [3.05, 3.63) is 80.5 Å². The van der Waals surface area contributed by atoms with E-state index in [4.69, 9.17) is 21.1 Å². The van der Waals surface area contributed by atoms with Gasteiger partial charge in [0, 0.05) is 22.2 Å². The molecule has 8 heteroatoms. The number of thiophene rings is 1. The number of anilines is 1. The van der Waals surface area contributed by atoms with Crippen LogP contribution < -0.4 is 14.4 Å². The lowest BCUT2D eigenvalue weighted by atomic mass is 9.98. The highest BCUT2D eigenvalue weighted by molar-refractivity contribution is 7.10. The van der Waals surface area contributed by atoms with Crippen molar-refractivity contribution in [1.29, 1.82) is 0 Å². The summed E-state index contributed by atoms with van der Waals surface area (Å²) in [4.78, 5) is 28.6. The third-order valence-electron chi connectivity index (χ3n) is 5.35. The third-order valence-corrected chi connectivity index (χ3v) is 6.76. The highest BCUT2D eigenvalue weighted by Gasteiger charge is 2.48. The number of ether oxygens (including phenoxy) is 2. The summed E-state index contributed by atoms with van der Waals surface area (Å²) in [7, 11) is 3.02. The molecule has 3 aromatic rings. The summed E-state index contributed by atoms with van der Waals surface area (Å²) in [5, 5.41) is 13.4. The predicted octanol–water partition coefficient (Wildman–Crippen LogP) is 5.35. The van der Waals surface area contributed by atoms with Gasteiger partial charge in [-0.1, -0.05) is 17.7 Å². The Morgan fingerprint density at radius 2 is 1.78 bits per heavy atom. The summed E-state index contributed by atoms with van der Waals surface area (Å²) in [5.41, 5.74) is 1.57. The van der Waals surface area contributed by atoms with E-state index in [2.05, 4.69) is 0 Å². The van der Waals surface area contributed by atoms with Gasteiger partial charge in [-0.25, -0.2) is 0 Å². The number of nitrogens with zero attached hydrogens (tertiary/aromatic N) is 1. The molecule has 1 amide bonds. The molecule has 6 nitrogen and oxygen atoms in total. The molecule has 0 saturated carbocycles. The zero-order valence-corrected chi connectivity index (χ0v) is 19.2. The Labute approximate surface area is 194 Å². The Morgan fingerprint density at radius 3 is 2.44 bits per heavy atom. The van der Waals surface area contributed by atoms with Crippen LogP contribution in [0.2, 0.25) is 5.02 Å². The number of benzene rings is 2. The van der Waals surface area contributed by atoms with Crippen molar-refractivity contribution in [2.24, 2.45) is 0 Å². The second-order valence-corrected chi connectivity index (χ2v) is 8.54. The van der Waals surface area contributed by atoms with Crippen molar-refractivity contribution >= 4 is 46.1 Å². The number of carbonyl (C=O) groups is 2. The molecule has 0 bridgehead atoms. The average Bonchev–Trinajstić information content (AvgIpc) is 3.34. The van der Waals surface area contributed by atoms with E-state index in [1.54, 1.807) is 36.4 Å². The Morgan fingerprint density at radius 1 is 1.06 bits per heavy atom. The molecule has 1 unspecified atom stereocenters. The smallest absolute Gasteiger partial charge is 0.300 e. The van der Waals surface area contributed by atoms with Crippen LogP contribution in [0, 0.1) is 6.92 Å². The van der Waals surface area contributed by atoms with Gasteiger partial charge in [0.1, 0.15) is 23.3 Å². The number of aliphatic hydroxyl groups excluding tert-OH is 1. The van der Waals surface area contributed by atoms with Gasteiger partial charge in [-0.2, -0.15) is 0 Å². The summed E-state index contributed by atoms with van der Waals surface area (Å²) >= 11 is 7.74. The van der Waals surface area contributed by atoms with Gasteiger partial charge in [-0.15, -0.1) is 11.3 Å². The van der Waals surface area contributed by atoms with Gasteiger partial charge in [0.2, 0.25) is 0 Å². The van der Waals surface area contributed by atoms with Gasteiger partial charge in [-0.3, -0.25) is 14.5 Å². The molecular weight excluding hydrogens is 450 g/mol. The fourth-order valence-electron chi connectivity index (χ4n) is 3.73. The van der Waals surface area contributed by atoms with Crippen LogP contribution in [0.1, 0.15) is 22.0 Å². The zero-order valence-electron chi connectivity index (χ0n) is 17.6. The van der Waals surface area contributed by atoms with Gasteiger partial charge in [-0.05, 0) is 54.3 Å². The molecule has 2 aromatic carbocycles. The second kappa shape index (κ2) is 8.68. The number of methoxy groups -OCH3 is 2. The van der Waals surface area contributed by atoms with Crippen LogP contribution in [0.15, 0.2) is 59.5 Å². The first-order valence-electron chi connectivity index (χ1n) is 9.70. The van der Waals surface area contributed by atoms with Gasteiger partial charge in [0.15, 0.2) is 0 Å². The summed E-state index contributed by atoms with van der Waals surface area (Å²) in [6, 6.07) is 12.7. The number of aryl methyl sites for hydroxylation is 1. The Kier molecular flexibility index (Phi) is 5.95. The molecule has 164 valence electrons. The Hall–Kier alpha value is -3.29. The SMILES string of the molecule is COc1cccc(N2C(=O)C(=O)/C(=C(\O)c3cc(OC)ccc3Cl)C2c2sccc2C)c1. The molecule has 2 heterocycles. The van der Waals surface area contributed by atoms with Crippen LogP contribution in [0.25, 0.3) is 5.76 Å². The molecule has 1 fully saturated rings. The maximum absolute atomic E-state index is 13.2.